The standard InChI is InChI=1S/C15H24N2O5/c1-21-6-2-3-17-12(11-18)9-14(19)15(20)13(17)10-16-4-7-22-8-5-16/h9,18,20H,2-8,10-11H2,1H3. The van der Waals surface area contributed by atoms with Gasteiger partial charge in [0.2, 0.25) is 5.43 Å². The third-order valence-electron chi connectivity index (χ3n) is 3.85. The van der Waals surface area contributed by atoms with E-state index in [0.29, 0.717) is 44.3 Å². The summed E-state index contributed by atoms with van der Waals surface area (Å²) in [5.74, 6) is -0.235. The van der Waals surface area contributed by atoms with E-state index in [1.807, 2.05) is 4.57 Å². The number of morpholine rings is 1. The predicted molar refractivity (Wildman–Crippen MR) is 80.9 cm³/mol. The molecule has 0 radical (unpaired) electrons. The molecule has 0 spiro atoms. The van der Waals surface area contributed by atoms with Gasteiger partial charge in [0.1, 0.15) is 0 Å². The molecule has 0 unspecified atom stereocenters. The zero-order chi connectivity index (χ0) is 15.9. The molecular weight excluding hydrogens is 288 g/mol. The Labute approximate surface area is 129 Å². The molecular formula is C15H24N2O5. The van der Waals surface area contributed by atoms with Crippen LogP contribution in [0.25, 0.3) is 0 Å². The molecule has 0 atom stereocenters. The highest BCUT2D eigenvalue weighted by Gasteiger charge is 2.19. The number of ether oxygens (including phenoxy) is 2. The second-order valence-corrected chi connectivity index (χ2v) is 5.34. The highest BCUT2D eigenvalue weighted by molar-refractivity contribution is 5.30. The fourth-order valence-corrected chi connectivity index (χ4v) is 2.65. The Bertz CT molecular complexity index is 537. The molecule has 22 heavy (non-hydrogen) atoms. The van der Waals surface area contributed by atoms with E-state index in [9.17, 15) is 15.0 Å². The van der Waals surface area contributed by atoms with E-state index < -0.39 is 5.43 Å². The topological polar surface area (TPSA) is 84.2 Å². The van der Waals surface area contributed by atoms with Crippen molar-refractivity contribution in [3.63, 3.8) is 0 Å². The molecule has 0 amide bonds. The van der Waals surface area contributed by atoms with Gasteiger partial charge >= 0.3 is 0 Å². The van der Waals surface area contributed by atoms with Crippen LogP contribution in [0.2, 0.25) is 0 Å². The van der Waals surface area contributed by atoms with Crippen molar-refractivity contribution in [2.45, 2.75) is 26.1 Å². The van der Waals surface area contributed by atoms with Gasteiger partial charge in [0.15, 0.2) is 5.75 Å². The summed E-state index contributed by atoms with van der Waals surface area (Å²) in [6, 6.07) is 1.30. The Morgan fingerprint density at radius 1 is 1.36 bits per heavy atom. The molecule has 7 heteroatoms. The first-order valence-corrected chi connectivity index (χ1v) is 7.51. The number of pyridine rings is 1. The molecule has 1 fully saturated rings. The van der Waals surface area contributed by atoms with Gasteiger partial charge in [-0.3, -0.25) is 9.69 Å². The Morgan fingerprint density at radius 3 is 2.73 bits per heavy atom. The van der Waals surface area contributed by atoms with Crippen LogP contribution in [-0.2, 0) is 29.2 Å². The zero-order valence-corrected chi connectivity index (χ0v) is 13.0. The quantitative estimate of drug-likeness (QED) is 0.685. The van der Waals surface area contributed by atoms with E-state index in [4.69, 9.17) is 9.47 Å². The maximum atomic E-state index is 11.9. The Balaban J connectivity index is 2.29. The van der Waals surface area contributed by atoms with Gasteiger partial charge in [-0.2, -0.15) is 0 Å². The molecule has 1 aliphatic heterocycles. The summed E-state index contributed by atoms with van der Waals surface area (Å²) < 4.78 is 12.2. The molecule has 0 saturated carbocycles. The van der Waals surface area contributed by atoms with Crippen molar-refractivity contribution in [3.05, 3.63) is 27.7 Å². The number of hydrogen-bond donors (Lipinski definition) is 2. The van der Waals surface area contributed by atoms with Crippen LogP contribution < -0.4 is 5.43 Å². The molecule has 1 aromatic heterocycles. The number of hydrogen-bond acceptors (Lipinski definition) is 6. The van der Waals surface area contributed by atoms with Crippen molar-refractivity contribution in [1.82, 2.24) is 9.47 Å². The third kappa shape index (κ3) is 4.07. The first-order valence-electron chi connectivity index (χ1n) is 7.51. The van der Waals surface area contributed by atoms with Crippen LogP contribution in [0.3, 0.4) is 0 Å². The van der Waals surface area contributed by atoms with Crippen molar-refractivity contribution in [2.24, 2.45) is 0 Å². The van der Waals surface area contributed by atoms with Crippen LogP contribution in [-0.4, -0.2) is 59.7 Å². The van der Waals surface area contributed by atoms with E-state index in [1.54, 1.807) is 7.11 Å². The van der Waals surface area contributed by atoms with E-state index in [1.165, 1.54) is 6.07 Å². The molecule has 7 nitrogen and oxygen atoms in total. The van der Waals surface area contributed by atoms with E-state index in [-0.39, 0.29) is 12.4 Å². The molecule has 1 aliphatic rings. The molecule has 0 aliphatic carbocycles. The summed E-state index contributed by atoms with van der Waals surface area (Å²) in [4.78, 5) is 14.0. The molecule has 2 N–H and O–H groups in total. The van der Waals surface area contributed by atoms with Crippen LogP contribution in [0.15, 0.2) is 10.9 Å². The van der Waals surface area contributed by atoms with E-state index in [2.05, 4.69) is 4.90 Å². The molecule has 0 aromatic carbocycles. The average Bonchev–Trinajstić information content (AvgIpc) is 2.54. The van der Waals surface area contributed by atoms with Crippen LogP contribution >= 0.6 is 0 Å². The van der Waals surface area contributed by atoms with Crippen molar-refractivity contribution >= 4 is 0 Å². The highest BCUT2D eigenvalue weighted by atomic mass is 16.5. The first-order chi connectivity index (χ1) is 10.7. The molecule has 1 saturated heterocycles. The normalized spacial score (nSPS) is 16.1. The Morgan fingerprint density at radius 2 is 2.09 bits per heavy atom. The van der Waals surface area contributed by atoms with Gasteiger partial charge in [-0.25, -0.2) is 0 Å². The number of aromatic nitrogens is 1. The van der Waals surface area contributed by atoms with Crippen LogP contribution in [0.4, 0.5) is 0 Å². The second kappa shape index (κ2) is 8.28. The van der Waals surface area contributed by atoms with Crippen molar-refractivity contribution in [3.8, 4) is 5.75 Å². The number of rotatable bonds is 7. The summed E-state index contributed by atoms with van der Waals surface area (Å²) in [5, 5.41) is 19.7. The maximum Gasteiger partial charge on any atom is 0.223 e. The summed E-state index contributed by atoms with van der Waals surface area (Å²) in [6.07, 6.45) is 0.738. The lowest BCUT2D eigenvalue weighted by molar-refractivity contribution is 0.0325. The Kier molecular flexibility index (Phi) is 6.38. The van der Waals surface area contributed by atoms with Crippen molar-refractivity contribution in [1.29, 1.82) is 0 Å². The van der Waals surface area contributed by atoms with Gasteiger partial charge in [-0.15, -0.1) is 0 Å². The lowest BCUT2D eigenvalue weighted by Crippen LogP contribution is -2.37. The molecule has 2 heterocycles. The van der Waals surface area contributed by atoms with Crippen LogP contribution in [0, 0.1) is 0 Å². The number of methoxy groups -OCH3 is 1. The lowest BCUT2D eigenvalue weighted by Gasteiger charge is -2.28. The monoisotopic (exact) mass is 312 g/mol. The van der Waals surface area contributed by atoms with Gasteiger partial charge in [-0.05, 0) is 6.42 Å². The molecule has 0 bridgehead atoms. The average molecular weight is 312 g/mol. The largest absolute Gasteiger partial charge is 0.503 e. The minimum atomic E-state index is -0.449. The minimum absolute atomic E-state index is 0.235. The lowest BCUT2D eigenvalue weighted by atomic mass is 10.2. The van der Waals surface area contributed by atoms with Gasteiger partial charge < -0.3 is 24.3 Å². The fourth-order valence-electron chi connectivity index (χ4n) is 2.65. The summed E-state index contributed by atoms with van der Waals surface area (Å²) in [6.45, 7) is 4.20. The summed E-state index contributed by atoms with van der Waals surface area (Å²) in [5.41, 5.74) is 0.618. The minimum Gasteiger partial charge on any atom is -0.503 e. The molecule has 124 valence electrons. The van der Waals surface area contributed by atoms with Crippen LogP contribution in [0.1, 0.15) is 17.8 Å². The maximum absolute atomic E-state index is 11.9. The predicted octanol–water partition coefficient (Wildman–Crippen LogP) is -0.0851. The van der Waals surface area contributed by atoms with Crippen LogP contribution in [0.5, 0.6) is 5.75 Å². The second-order valence-electron chi connectivity index (χ2n) is 5.34. The number of aliphatic hydroxyl groups is 1. The smallest absolute Gasteiger partial charge is 0.223 e. The number of aliphatic hydroxyl groups excluding tert-OH is 1. The first kappa shape index (κ1) is 17.0. The van der Waals surface area contributed by atoms with Gasteiger partial charge in [0, 0.05) is 51.7 Å². The highest BCUT2D eigenvalue weighted by Crippen LogP contribution is 2.18. The number of aromatic hydroxyl groups is 1. The van der Waals surface area contributed by atoms with E-state index in [0.717, 1.165) is 19.5 Å². The van der Waals surface area contributed by atoms with Gasteiger partial charge in [-0.1, -0.05) is 0 Å². The third-order valence-corrected chi connectivity index (χ3v) is 3.85. The Hall–Kier alpha value is -1.41. The van der Waals surface area contributed by atoms with Gasteiger partial charge in [0.25, 0.3) is 0 Å². The molecule has 2 rings (SSSR count). The summed E-state index contributed by atoms with van der Waals surface area (Å²) >= 11 is 0. The number of nitrogens with zero attached hydrogens (tertiary/aromatic N) is 2. The SMILES string of the molecule is COCCCn1c(CO)cc(=O)c(O)c1CN1CCOCC1. The van der Waals surface area contributed by atoms with E-state index >= 15 is 0 Å². The van der Waals surface area contributed by atoms with Crippen molar-refractivity contribution in [2.75, 3.05) is 40.0 Å². The van der Waals surface area contributed by atoms with Crippen molar-refractivity contribution < 1.29 is 19.7 Å². The summed E-state index contributed by atoms with van der Waals surface area (Å²) in [7, 11) is 1.63. The molecule has 1 aromatic rings. The van der Waals surface area contributed by atoms with Gasteiger partial charge in [0.05, 0.1) is 25.5 Å². The fraction of sp³-hybridized carbons (Fsp3) is 0.667. The zero-order valence-electron chi connectivity index (χ0n) is 13.0.